The molecule has 0 saturated carbocycles. The van der Waals surface area contributed by atoms with Gasteiger partial charge >= 0.3 is 0 Å². The van der Waals surface area contributed by atoms with Crippen LogP contribution < -0.4 is 10.5 Å². The fraction of sp³-hybridized carbons (Fsp3) is 0.455. The predicted molar refractivity (Wildman–Crippen MR) is 73.9 cm³/mol. The molecule has 0 spiro atoms. The van der Waals surface area contributed by atoms with Crippen molar-refractivity contribution >= 4 is 27.5 Å². The van der Waals surface area contributed by atoms with E-state index in [1.807, 2.05) is 11.8 Å². The third-order valence-electron chi connectivity index (χ3n) is 2.35. The van der Waals surface area contributed by atoms with E-state index in [4.69, 9.17) is 5.14 Å². The van der Waals surface area contributed by atoms with Crippen LogP contribution in [-0.2, 0) is 10.0 Å². The molecule has 0 aliphatic heterocycles. The molecule has 17 heavy (non-hydrogen) atoms. The third kappa shape index (κ3) is 4.97. The first-order valence-electron chi connectivity index (χ1n) is 5.32. The molecule has 0 bridgehead atoms. The molecule has 0 heterocycles. The van der Waals surface area contributed by atoms with Crippen molar-refractivity contribution in [2.24, 2.45) is 5.14 Å². The molecule has 0 amide bonds. The van der Waals surface area contributed by atoms with Crippen LogP contribution in [0.25, 0.3) is 0 Å². The van der Waals surface area contributed by atoms with Crippen molar-refractivity contribution in [2.45, 2.75) is 24.3 Å². The first-order valence-corrected chi connectivity index (χ1v) is 8.26. The largest absolute Gasteiger partial charge is 0.383 e. The van der Waals surface area contributed by atoms with E-state index in [0.717, 1.165) is 17.9 Å². The summed E-state index contributed by atoms with van der Waals surface area (Å²) >= 11 is 1.81. The van der Waals surface area contributed by atoms with Gasteiger partial charge in [0, 0.05) is 11.7 Å². The maximum Gasteiger partial charge on any atom is 0.238 e. The highest BCUT2D eigenvalue weighted by Crippen LogP contribution is 2.14. The highest BCUT2D eigenvalue weighted by atomic mass is 32.2. The number of hydrogen-bond donors (Lipinski definition) is 2. The lowest BCUT2D eigenvalue weighted by Crippen LogP contribution is -2.16. The Morgan fingerprint density at radius 1 is 1.35 bits per heavy atom. The molecule has 0 saturated heterocycles. The van der Waals surface area contributed by atoms with Crippen LogP contribution in [0.3, 0.4) is 0 Å². The van der Waals surface area contributed by atoms with Gasteiger partial charge in [0.15, 0.2) is 0 Å². The van der Waals surface area contributed by atoms with Crippen molar-refractivity contribution in [3.05, 3.63) is 24.3 Å². The minimum Gasteiger partial charge on any atom is -0.383 e. The van der Waals surface area contributed by atoms with Gasteiger partial charge < -0.3 is 5.32 Å². The van der Waals surface area contributed by atoms with Crippen molar-refractivity contribution in [3.8, 4) is 0 Å². The van der Waals surface area contributed by atoms with Gasteiger partial charge in [0.2, 0.25) is 10.0 Å². The van der Waals surface area contributed by atoms with E-state index in [2.05, 4.69) is 18.5 Å². The van der Waals surface area contributed by atoms with Crippen molar-refractivity contribution in [3.63, 3.8) is 0 Å². The van der Waals surface area contributed by atoms with E-state index in [-0.39, 0.29) is 4.90 Å². The monoisotopic (exact) mass is 274 g/mol. The van der Waals surface area contributed by atoms with E-state index in [9.17, 15) is 8.42 Å². The first kappa shape index (κ1) is 14.3. The Kier molecular flexibility index (Phi) is 5.30. The second-order valence-electron chi connectivity index (χ2n) is 3.90. The lowest BCUT2D eigenvalue weighted by atomic mass is 10.2. The van der Waals surface area contributed by atoms with Gasteiger partial charge in [-0.15, -0.1) is 0 Å². The summed E-state index contributed by atoms with van der Waals surface area (Å²) in [7, 11) is -3.59. The number of nitrogens with one attached hydrogen (secondary N) is 1. The molecule has 0 fully saturated rings. The highest BCUT2D eigenvalue weighted by molar-refractivity contribution is 7.98. The zero-order chi connectivity index (χ0) is 12.9. The number of anilines is 1. The quantitative estimate of drug-likeness (QED) is 0.831. The second kappa shape index (κ2) is 6.28. The summed E-state index contributed by atoms with van der Waals surface area (Å²) in [5.41, 5.74) is 0.908. The normalized spacial score (nSPS) is 13.4. The van der Waals surface area contributed by atoms with E-state index in [1.165, 1.54) is 12.1 Å². The maximum absolute atomic E-state index is 11.1. The second-order valence-corrected chi connectivity index (χ2v) is 6.44. The van der Waals surface area contributed by atoms with Crippen molar-refractivity contribution in [1.29, 1.82) is 0 Å². The van der Waals surface area contributed by atoms with Gasteiger partial charge in [-0.2, -0.15) is 11.8 Å². The van der Waals surface area contributed by atoms with E-state index in [1.54, 1.807) is 12.1 Å². The van der Waals surface area contributed by atoms with E-state index in [0.29, 0.717) is 6.04 Å². The van der Waals surface area contributed by atoms with Crippen LogP contribution in [0.4, 0.5) is 5.69 Å². The van der Waals surface area contributed by atoms with Crippen molar-refractivity contribution < 1.29 is 8.42 Å². The van der Waals surface area contributed by atoms with E-state index >= 15 is 0 Å². The van der Waals surface area contributed by atoms with Gasteiger partial charge in [-0.25, -0.2) is 13.6 Å². The Morgan fingerprint density at radius 2 is 1.94 bits per heavy atom. The summed E-state index contributed by atoms with van der Waals surface area (Å²) in [6, 6.07) is 6.85. The number of benzene rings is 1. The Bertz CT molecular complexity index is 443. The third-order valence-corrected chi connectivity index (χ3v) is 3.92. The van der Waals surface area contributed by atoms with Crippen LogP contribution in [0.1, 0.15) is 13.3 Å². The molecule has 1 aromatic rings. The van der Waals surface area contributed by atoms with Crippen LogP contribution in [0.15, 0.2) is 29.2 Å². The summed E-state index contributed by atoms with van der Waals surface area (Å²) in [6.07, 6.45) is 3.14. The fourth-order valence-corrected chi connectivity index (χ4v) is 2.50. The molecule has 1 unspecified atom stereocenters. The molecule has 1 atom stereocenters. The molecule has 3 N–H and O–H groups in total. The molecule has 0 aliphatic rings. The molecule has 1 aromatic carbocycles. The minimum atomic E-state index is -3.59. The van der Waals surface area contributed by atoms with Gasteiger partial charge in [-0.1, -0.05) is 0 Å². The topological polar surface area (TPSA) is 72.2 Å². The number of thioether (sulfide) groups is 1. The number of nitrogens with two attached hydrogens (primary N) is 1. The molecule has 4 nitrogen and oxygen atoms in total. The molecule has 0 aromatic heterocycles. The SMILES string of the molecule is CSCCC(C)Nc1ccc(S(N)(=O)=O)cc1. The average molecular weight is 274 g/mol. The standard InChI is InChI=1S/C11H18N2O2S2/c1-9(7-8-16-2)13-10-3-5-11(6-4-10)17(12,14)15/h3-6,9,13H,7-8H2,1-2H3,(H2,12,14,15). The summed E-state index contributed by atoms with van der Waals surface area (Å²) in [5.74, 6) is 1.10. The van der Waals surface area contributed by atoms with Crippen LogP contribution in [0.5, 0.6) is 0 Å². The summed E-state index contributed by atoms with van der Waals surface area (Å²) in [6.45, 7) is 2.10. The fourth-order valence-electron chi connectivity index (χ4n) is 1.39. The van der Waals surface area contributed by atoms with Crippen LogP contribution in [0, 0.1) is 0 Å². The molecule has 6 heteroatoms. The molecule has 0 aliphatic carbocycles. The van der Waals surface area contributed by atoms with Gasteiger partial charge in [-0.05, 0) is 49.6 Å². The Balaban J connectivity index is 2.63. The minimum absolute atomic E-state index is 0.139. The van der Waals surface area contributed by atoms with Gasteiger partial charge in [0.05, 0.1) is 4.90 Å². The number of primary sulfonamides is 1. The average Bonchev–Trinajstić information content (AvgIpc) is 2.26. The Morgan fingerprint density at radius 3 is 2.41 bits per heavy atom. The smallest absolute Gasteiger partial charge is 0.238 e. The lowest BCUT2D eigenvalue weighted by molar-refractivity contribution is 0.598. The van der Waals surface area contributed by atoms with E-state index < -0.39 is 10.0 Å². The van der Waals surface area contributed by atoms with Gasteiger partial charge in [0.1, 0.15) is 0 Å². The Labute approximate surface area is 107 Å². The zero-order valence-corrected chi connectivity index (χ0v) is 11.6. The lowest BCUT2D eigenvalue weighted by Gasteiger charge is -2.14. The summed E-state index contributed by atoms with van der Waals surface area (Å²) in [5, 5.41) is 8.33. The molecule has 96 valence electrons. The summed E-state index contributed by atoms with van der Waals surface area (Å²) in [4.78, 5) is 0.139. The van der Waals surface area contributed by atoms with Gasteiger partial charge in [-0.3, -0.25) is 0 Å². The molecular formula is C11H18N2O2S2. The van der Waals surface area contributed by atoms with Crippen LogP contribution >= 0.6 is 11.8 Å². The maximum atomic E-state index is 11.1. The zero-order valence-electron chi connectivity index (χ0n) is 10.0. The number of sulfonamides is 1. The number of rotatable bonds is 6. The molecule has 0 radical (unpaired) electrons. The van der Waals surface area contributed by atoms with Crippen molar-refractivity contribution in [2.75, 3.05) is 17.3 Å². The predicted octanol–water partition coefficient (Wildman–Crippen LogP) is 1.89. The van der Waals surface area contributed by atoms with Crippen LogP contribution in [0.2, 0.25) is 0 Å². The first-order chi connectivity index (χ1) is 7.93. The van der Waals surface area contributed by atoms with Gasteiger partial charge in [0.25, 0.3) is 0 Å². The summed E-state index contributed by atoms with van der Waals surface area (Å²) < 4.78 is 22.1. The highest BCUT2D eigenvalue weighted by Gasteiger charge is 2.07. The number of hydrogen-bond acceptors (Lipinski definition) is 4. The molecular weight excluding hydrogens is 256 g/mol. The molecule has 1 rings (SSSR count). The van der Waals surface area contributed by atoms with Crippen molar-refractivity contribution in [1.82, 2.24) is 0 Å². The van der Waals surface area contributed by atoms with Crippen LogP contribution in [-0.4, -0.2) is 26.5 Å². The Hall–Kier alpha value is -0.720.